The van der Waals surface area contributed by atoms with Crippen LogP contribution < -0.4 is 10.9 Å². The summed E-state index contributed by atoms with van der Waals surface area (Å²) in [6.45, 7) is 2.70. The monoisotopic (exact) mass is 455 g/mol. The van der Waals surface area contributed by atoms with E-state index in [1.807, 2.05) is 18.2 Å². The number of thioether (sulfide) groups is 1. The first-order valence-corrected chi connectivity index (χ1v) is 11.0. The Labute approximate surface area is 187 Å². The third kappa shape index (κ3) is 4.37. The van der Waals surface area contributed by atoms with Gasteiger partial charge in [-0.25, -0.2) is 4.39 Å². The van der Waals surface area contributed by atoms with Crippen LogP contribution in [0.15, 0.2) is 58.5 Å². The van der Waals surface area contributed by atoms with Crippen LogP contribution in [0.2, 0.25) is 0 Å². The van der Waals surface area contributed by atoms with Gasteiger partial charge in [-0.05, 0) is 49.7 Å². The molecule has 2 aromatic heterocycles. The molecule has 32 heavy (non-hydrogen) atoms. The smallest absolute Gasteiger partial charge is 0.262 e. The standard InChI is InChI=1S/C22H22FN5O3S/c1-14(19(29)24-16-10-8-15(23)9-11-16)32-22-26-25-21-27(12-5-13-31-2)20(30)17-6-3-4-7-18(17)28(21)22/h3-4,6-11,14H,5,12-13H2,1-2H3,(H,24,29). The summed E-state index contributed by atoms with van der Waals surface area (Å²) in [7, 11) is 1.61. The minimum Gasteiger partial charge on any atom is -0.385 e. The van der Waals surface area contributed by atoms with Gasteiger partial charge in [0.25, 0.3) is 5.56 Å². The Bertz CT molecular complexity index is 1320. The number of halogens is 1. The Morgan fingerprint density at radius 1 is 1.19 bits per heavy atom. The maximum Gasteiger partial charge on any atom is 0.262 e. The number of aryl methyl sites for hydroxylation is 1. The number of para-hydroxylation sites is 1. The molecule has 10 heteroatoms. The van der Waals surface area contributed by atoms with E-state index in [0.717, 1.165) is 0 Å². The number of fused-ring (bicyclic) bond motifs is 3. The molecule has 8 nitrogen and oxygen atoms in total. The van der Waals surface area contributed by atoms with Gasteiger partial charge in [0.2, 0.25) is 11.7 Å². The summed E-state index contributed by atoms with van der Waals surface area (Å²) < 4.78 is 21.6. The van der Waals surface area contributed by atoms with Gasteiger partial charge in [0.1, 0.15) is 5.82 Å². The second-order valence-electron chi connectivity index (χ2n) is 7.19. The van der Waals surface area contributed by atoms with Gasteiger partial charge >= 0.3 is 0 Å². The zero-order chi connectivity index (χ0) is 22.7. The number of rotatable bonds is 8. The number of amides is 1. The van der Waals surface area contributed by atoms with E-state index < -0.39 is 5.25 Å². The average molecular weight is 456 g/mol. The first-order chi connectivity index (χ1) is 15.5. The molecule has 4 aromatic rings. The lowest BCUT2D eigenvalue weighted by Crippen LogP contribution is -2.24. The molecule has 0 bridgehead atoms. The molecule has 2 aromatic carbocycles. The van der Waals surface area contributed by atoms with E-state index in [1.165, 1.54) is 36.0 Å². The predicted octanol–water partition coefficient (Wildman–Crippen LogP) is 3.34. The van der Waals surface area contributed by atoms with Crippen LogP contribution in [0, 0.1) is 5.82 Å². The number of anilines is 1. The molecule has 1 atom stereocenters. The Balaban J connectivity index is 1.67. The Hall–Kier alpha value is -3.24. The van der Waals surface area contributed by atoms with Gasteiger partial charge < -0.3 is 10.1 Å². The van der Waals surface area contributed by atoms with Gasteiger partial charge in [-0.15, -0.1) is 10.2 Å². The topological polar surface area (TPSA) is 90.5 Å². The van der Waals surface area contributed by atoms with Gasteiger partial charge in [-0.1, -0.05) is 23.9 Å². The van der Waals surface area contributed by atoms with Crippen molar-refractivity contribution in [1.29, 1.82) is 0 Å². The highest BCUT2D eigenvalue weighted by Gasteiger charge is 2.21. The summed E-state index contributed by atoms with van der Waals surface area (Å²) in [5, 5.41) is 11.8. The molecular formula is C22H22FN5O3S. The van der Waals surface area contributed by atoms with E-state index in [-0.39, 0.29) is 17.3 Å². The van der Waals surface area contributed by atoms with Crippen molar-refractivity contribution < 1.29 is 13.9 Å². The van der Waals surface area contributed by atoms with E-state index >= 15 is 0 Å². The van der Waals surface area contributed by atoms with Gasteiger partial charge in [-0.3, -0.25) is 18.6 Å². The number of nitrogens with zero attached hydrogens (tertiary/aromatic N) is 4. The van der Waals surface area contributed by atoms with Crippen molar-refractivity contribution in [1.82, 2.24) is 19.2 Å². The number of hydrogen-bond donors (Lipinski definition) is 1. The summed E-state index contributed by atoms with van der Waals surface area (Å²) in [5.41, 5.74) is 1.04. The molecule has 0 aliphatic carbocycles. The maximum absolute atomic E-state index is 13.1. The van der Waals surface area contributed by atoms with Crippen LogP contribution in [0.25, 0.3) is 16.7 Å². The second kappa shape index (κ2) is 9.49. The SMILES string of the molecule is COCCCn1c(=O)c2ccccc2n2c(SC(C)C(=O)Nc3ccc(F)cc3)nnc12. The molecule has 0 aliphatic heterocycles. The van der Waals surface area contributed by atoms with Crippen LogP contribution in [-0.4, -0.2) is 44.0 Å². The molecule has 1 unspecified atom stereocenters. The van der Waals surface area contributed by atoms with Crippen LogP contribution in [-0.2, 0) is 16.1 Å². The molecule has 2 heterocycles. The number of nitrogens with one attached hydrogen (secondary N) is 1. The van der Waals surface area contributed by atoms with Crippen LogP contribution in [0.3, 0.4) is 0 Å². The highest BCUT2D eigenvalue weighted by molar-refractivity contribution is 8.00. The summed E-state index contributed by atoms with van der Waals surface area (Å²) in [5.74, 6) is -0.210. The van der Waals surface area contributed by atoms with Crippen molar-refractivity contribution in [2.45, 2.75) is 30.3 Å². The highest BCUT2D eigenvalue weighted by Crippen LogP contribution is 2.26. The molecule has 0 spiro atoms. The largest absolute Gasteiger partial charge is 0.385 e. The molecule has 166 valence electrons. The molecule has 1 N–H and O–H groups in total. The number of benzene rings is 2. The minimum absolute atomic E-state index is 0.143. The normalized spacial score (nSPS) is 12.3. The third-order valence-corrected chi connectivity index (χ3v) is 6.01. The second-order valence-corrected chi connectivity index (χ2v) is 8.50. The first kappa shape index (κ1) is 22.0. The average Bonchev–Trinajstić information content (AvgIpc) is 3.21. The third-order valence-electron chi connectivity index (χ3n) is 4.97. The molecule has 0 radical (unpaired) electrons. The van der Waals surface area contributed by atoms with Crippen LogP contribution in [0.1, 0.15) is 13.3 Å². The summed E-state index contributed by atoms with van der Waals surface area (Å²) in [4.78, 5) is 25.7. The molecule has 0 saturated carbocycles. The van der Waals surface area contributed by atoms with Crippen molar-refractivity contribution in [3.63, 3.8) is 0 Å². The van der Waals surface area contributed by atoms with Gasteiger partial charge in [0, 0.05) is 25.9 Å². The number of methoxy groups -OCH3 is 1. The van der Waals surface area contributed by atoms with Gasteiger partial charge in [-0.2, -0.15) is 0 Å². The van der Waals surface area contributed by atoms with Crippen molar-refractivity contribution in [3.05, 3.63) is 64.7 Å². The molecule has 4 rings (SSSR count). The number of hydrogen-bond acceptors (Lipinski definition) is 6. The van der Waals surface area contributed by atoms with Crippen LogP contribution >= 0.6 is 11.8 Å². The van der Waals surface area contributed by atoms with Crippen molar-refractivity contribution in [2.75, 3.05) is 19.0 Å². The zero-order valence-corrected chi connectivity index (χ0v) is 18.4. The predicted molar refractivity (Wildman–Crippen MR) is 122 cm³/mol. The lowest BCUT2D eigenvalue weighted by molar-refractivity contribution is -0.115. The van der Waals surface area contributed by atoms with E-state index in [4.69, 9.17) is 4.74 Å². The fourth-order valence-electron chi connectivity index (χ4n) is 3.37. The highest BCUT2D eigenvalue weighted by atomic mass is 32.2. The first-order valence-electron chi connectivity index (χ1n) is 10.1. The zero-order valence-electron chi connectivity index (χ0n) is 17.6. The number of ether oxygens (including phenoxy) is 1. The van der Waals surface area contributed by atoms with E-state index in [2.05, 4.69) is 15.5 Å². The summed E-state index contributed by atoms with van der Waals surface area (Å²) in [6.07, 6.45) is 0.649. The fraction of sp³-hybridized carbons (Fsp3) is 0.273. The van der Waals surface area contributed by atoms with E-state index in [1.54, 1.807) is 29.1 Å². The molecule has 0 aliphatic rings. The van der Waals surface area contributed by atoms with Gasteiger partial charge in [0.05, 0.1) is 16.2 Å². The number of carbonyl (C=O) groups excluding carboxylic acids is 1. The molecule has 0 saturated heterocycles. The molecular weight excluding hydrogens is 433 g/mol. The number of aromatic nitrogens is 4. The minimum atomic E-state index is -0.514. The quantitative estimate of drug-likeness (QED) is 0.324. The van der Waals surface area contributed by atoms with Crippen molar-refractivity contribution >= 4 is 40.0 Å². The van der Waals surface area contributed by atoms with Crippen LogP contribution in [0.4, 0.5) is 10.1 Å². The Morgan fingerprint density at radius 3 is 2.69 bits per heavy atom. The van der Waals surface area contributed by atoms with E-state index in [0.29, 0.717) is 47.1 Å². The lowest BCUT2D eigenvalue weighted by atomic mass is 10.2. The molecule has 0 fully saturated rings. The van der Waals surface area contributed by atoms with Crippen molar-refractivity contribution in [3.8, 4) is 0 Å². The fourth-order valence-corrected chi connectivity index (χ4v) is 4.22. The van der Waals surface area contributed by atoms with Crippen molar-refractivity contribution in [2.24, 2.45) is 0 Å². The molecule has 1 amide bonds. The lowest BCUT2D eigenvalue weighted by Gasteiger charge is -2.13. The van der Waals surface area contributed by atoms with Gasteiger partial charge in [0.15, 0.2) is 5.16 Å². The number of carbonyl (C=O) groups is 1. The Morgan fingerprint density at radius 2 is 1.94 bits per heavy atom. The Kier molecular flexibility index (Phi) is 6.52. The van der Waals surface area contributed by atoms with Crippen LogP contribution in [0.5, 0.6) is 0 Å². The summed E-state index contributed by atoms with van der Waals surface area (Å²) >= 11 is 1.23. The van der Waals surface area contributed by atoms with E-state index in [9.17, 15) is 14.0 Å². The maximum atomic E-state index is 13.1. The summed E-state index contributed by atoms with van der Waals surface area (Å²) in [6, 6.07) is 12.8.